The molecule has 1 N–H and O–H groups in total. The number of carbonyl (C=O) groups excluding carboxylic acids is 2. The molecule has 0 amide bonds. The Morgan fingerprint density at radius 2 is 1.64 bits per heavy atom. The van der Waals surface area contributed by atoms with Gasteiger partial charge in [-0.3, -0.25) is 4.55 Å². The van der Waals surface area contributed by atoms with Crippen molar-refractivity contribution in [3.8, 4) is 0 Å². The summed E-state index contributed by atoms with van der Waals surface area (Å²) < 4.78 is 108. The first-order valence-corrected chi connectivity index (χ1v) is 6.58. The zero-order valence-electron chi connectivity index (χ0n) is 10.1. The highest BCUT2D eigenvalue weighted by Crippen LogP contribution is 2.49. The number of halogens is 6. The summed E-state index contributed by atoms with van der Waals surface area (Å²) in [7, 11) is -7.08. The van der Waals surface area contributed by atoms with Crippen molar-refractivity contribution >= 4 is 22.1 Å². The molecule has 0 aromatic carbocycles. The lowest BCUT2D eigenvalue weighted by Gasteiger charge is -2.32. The highest BCUT2D eigenvalue weighted by Gasteiger charge is 2.85. The third kappa shape index (κ3) is 2.71. The number of carbonyl (C=O) groups is 2. The molecular weight excluding hydrogens is 354 g/mol. The number of hydrogen-bond donors (Lipinski definition) is 1. The van der Waals surface area contributed by atoms with Gasteiger partial charge in [-0.25, -0.2) is 9.59 Å². The van der Waals surface area contributed by atoms with Crippen molar-refractivity contribution in [3.63, 3.8) is 0 Å². The van der Waals surface area contributed by atoms with Crippen LogP contribution in [0.4, 0.5) is 26.3 Å². The molecule has 0 saturated carbocycles. The summed E-state index contributed by atoms with van der Waals surface area (Å²) in [6.07, 6.45) is -16.3. The van der Waals surface area contributed by atoms with Crippen molar-refractivity contribution in [2.24, 2.45) is 0 Å². The fourth-order valence-corrected chi connectivity index (χ4v) is 2.43. The van der Waals surface area contributed by atoms with Crippen LogP contribution in [-0.4, -0.2) is 54.7 Å². The molecule has 1 heterocycles. The summed E-state index contributed by atoms with van der Waals surface area (Å²) in [6.45, 7) is -0.451. The van der Waals surface area contributed by atoms with E-state index in [0.29, 0.717) is 0 Å². The smallest absolute Gasteiger partial charge is 0.430 e. The highest BCUT2D eigenvalue weighted by molar-refractivity contribution is 7.88. The fourth-order valence-electron chi connectivity index (χ4n) is 1.59. The van der Waals surface area contributed by atoms with E-state index in [1.807, 2.05) is 0 Å². The average Bonchev–Trinajstić information content (AvgIpc) is 2.57. The number of cyclic esters (lactones) is 1. The molecule has 7 nitrogen and oxygen atoms in total. The van der Waals surface area contributed by atoms with Gasteiger partial charge in [0.15, 0.2) is 0 Å². The van der Waals surface area contributed by atoms with Gasteiger partial charge in [-0.2, -0.15) is 34.8 Å². The third-order valence-electron chi connectivity index (χ3n) is 2.61. The zero-order valence-corrected chi connectivity index (χ0v) is 10.9. The van der Waals surface area contributed by atoms with Gasteiger partial charge in [0.25, 0.3) is 0 Å². The Hall–Kier alpha value is -1.57. The van der Waals surface area contributed by atoms with Gasteiger partial charge in [0.2, 0.25) is 6.10 Å². The van der Waals surface area contributed by atoms with Gasteiger partial charge >= 0.3 is 39.2 Å². The normalized spacial score (nSPS) is 20.7. The number of alkyl halides is 6. The van der Waals surface area contributed by atoms with Crippen LogP contribution in [0.15, 0.2) is 0 Å². The maximum absolute atomic E-state index is 12.7. The maximum atomic E-state index is 12.7. The van der Waals surface area contributed by atoms with Crippen LogP contribution >= 0.6 is 0 Å². The Balaban J connectivity index is 3.44. The summed E-state index contributed by atoms with van der Waals surface area (Å²) in [5, 5.41) is 0. The van der Waals surface area contributed by atoms with Crippen LogP contribution < -0.4 is 0 Å². The van der Waals surface area contributed by atoms with Gasteiger partial charge < -0.3 is 9.47 Å². The van der Waals surface area contributed by atoms with Crippen molar-refractivity contribution in [2.45, 2.75) is 29.6 Å². The number of rotatable bonds is 3. The Labute approximate surface area is 117 Å². The highest BCUT2D eigenvalue weighted by atomic mass is 32.2. The standard InChI is InChI=1S/C8H6F6O7S/c9-7(10,11)6(8(12,13)14,22(17,18)19)5(16)21-3-1-2-20-4(3)15/h3H,1-2H2,(H,17,18,19). The minimum absolute atomic E-state index is 0.451. The largest absolute Gasteiger partial charge is 0.463 e. The number of ether oxygens (including phenoxy) is 2. The second-order valence-electron chi connectivity index (χ2n) is 4.00. The van der Waals surface area contributed by atoms with Crippen LogP contribution in [0, 0.1) is 0 Å². The van der Waals surface area contributed by atoms with E-state index in [4.69, 9.17) is 4.55 Å². The molecule has 14 heteroatoms. The molecule has 22 heavy (non-hydrogen) atoms. The molecule has 0 aliphatic carbocycles. The molecule has 1 saturated heterocycles. The van der Waals surface area contributed by atoms with Crippen LogP contribution in [0.2, 0.25) is 0 Å². The van der Waals surface area contributed by atoms with Gasteiger partial charge in [0.05, 0.1) is 6.61 Å². The van der Waals surface area contributed by atoms with E-state index >= 15 is 0 Å². The molecule has 0 bridgehead atoms. The maximum Gasteiger partial charge on any atom is 0.430 e. The molecule has 0 aromatic heterocycles. The van der Waals surface area contributed by atoms with Gasteiger partial charge in [-0.05, 0) is 0 Å². The van der Waals surface area contributed by atoms with Gasteiger partial charge in [-0.15, -0.1) is 0 Å². The number of hydrogen-bond acceptors (Lipinski definition) is 6. The molecule has 0 radical (unpaired) electrons. The molecule has 0 aromatic rings. The van der Waals surface area contributed by atoms with Crippen LogP contribution in [-0.2, 0) is 29.2 Å². The second kappa shape index (κ2) is 5.26. The Morgan fingerprint density at radius 1 is 1.18 bits per heavy atom. The summed E-state index contributed by atoms with van der Waals surface area (Å²) in [5.74, 6) is -4.83. The first-order chi connectivity index (χ1) is 9.66. The molecule has 1 aliphatic heterocycles. The van der Waals surface area contributed by atoms with Crippen molar-refractivity contribution < 1.29 is 58.4 Å². The first kappa shape index (κ1) is 18.5. The lowest BCUT2D eigenvalue weighted by Crippen LogP contribution is -2.67. The quantitative estimate of drug-likeness (QED) is 0.446. The van der Waals surface area contributed by atoms with Gasteiger partial charge in [-0.1, -0.05) is 0 Å². The van der Waals surface area contributed by atoms with Gasteiger partial charge in [0.1, 0.15) is 0 Å². The van der Waals surface area contributed by atoms with E-state index in [9.17, 15) is 44.3 Å². The second-order valence-corrected chi connectivity index (χ2v) is 5.56. The molecule has 128 valence electrons. The van der Waals surface area contributed by atoms with Crippen LogP contribution in [0.1, 0.15) is 6.42 Å². The average molecular weight is 360 g/mol. The van der Waals surface area contributed by atoms with E-state index in [0.717, 1.165) is 0 Å². The SMILES string of the molecule is O=C1OCCC1OC(=O)C(C(F)(F)F)(C(F)(F)F)S(=O)(=O)O. The summed E-state index contributed by atoms with van der Waals surface area (Å²) in [5.41, 5.74) is 0. The van der Waals surface area contributed by atoms with Crippen molar-refractivity contribution in [1.29, 1.82) is 0 Å². The van der Waals surface area contributed by atoms with Crippen molar-refractivity contribution in [2.75, 3.05) is 6.61 Å². The zero-order chi connectivity index (χ0) is 17.6. The number of esters is 2. The van der Waals surface area contributed by atoms with Crippen molar-refractivity contribution in [1.82, 2.24) is 0 Å². The summed E-state index contributed by atoms with van der Waals surface area (Å²) in [4.78, 5) is 22.2. The third-order valence-corrected chi connectivity index (χ3v) is 4.01. The predicted molar refractivity (Wildman–Crippen MR) is 51.8 cm³/mol. The summed E-state index contributed by atoms with van der Waals surface area (Å²) >= 11 is 0. The van der Waals surface area contributed by atoms with E-state index in [2.05, 4.69) is 9.47 Å². The van der Waals surface area contributed by atoms with Crippen molar-refractivity contribution in [3.05, 3.63) is 0 Å². The Morgan fingerprint density at radius 3 is 1.91 bits per heavy atom. The summed E-state index contributed by atoms with van der Waals surface area (Å²) in [6, 6.07) is 0. The van der Waals surface area contributed by atoms with Gasteiger partial charge in [0, 0.05) is 6.42 Å². The van der Waals surface area contributed by atoms with Crippen LogP contribution in [0.5, 0.6) is 0 Å². The van der Waals surface area contributed by atoms with Crippen LogP contribution in [0.3, 0.4) is 0 Å². The molecule has 1 fully saturated rings. The minimum atomic E-state index is -7.08. The Bertz CT molecular complexity index is 563. The first-order valence-electron chi connectivity index (χ1n) is 5.14. The van der Waals surface area contributed by atoms with E-state index in [1.54, 1.807) is 0 Å². The lowest BCUT2D eigenvalue weighted by molar-refractivity contribution is -0.270. The molecule has 1 rings (SSSR count). The van der Waals surface area contributed by atoms with E-state index in [-0.39, 0.29) is 0 Å². The fraction of sp³-hybridized carbons (Fsp3) is 0.750. The topological polar surface area (TPSA) is 107 Å². The van der Waals surface area contributed by atoms with Crippen LogP contribution in [0.25, 0.3) is 0 Å². The molecule has 1 atom stereocenters. The monoisotopic (exact) mass is 360 g/mol. The lowest BCUT2D eigenvalue weighted by atomic mass is 10.1. The van der Waals surface area contributed by atoms with E-state index in [1.165, 1.54) is 0 Å². The molecular formula is C8H6F6O7S. The molecule has 1 aliphatic rings. The molecule has 1 unspecified atom stereocenters. The molecule has 0 spiro atoms. The van der Waals surface area contributed by atoms with E-state index < -0.39 is 58.3 Å². The Kier molecular flexibility index (Phi) is 4.42. The minimum Gasteiger partial charge on any atom is -0.463 e. The predicted octanol–water partition coefficient (Wildman–Crippen LogP) is 0.596.